The summed E-state index contributed by atoms with van der Waals surface area (Å²) in [6, 6.07) is 0.104. The Labute approximate surface area is 97.8 Å². The van der Waals surface area contributed by atoms with E-state index in [1.54, 1.807) is 0 Å². The number of hydrogen-bond acceptors (Lipinski definition) is 2. The zero-order valence-corrected chi connectivity index (χ0v) is 10.2. The fourth-order valence-electron chi connectivity index (χ4n) is 3.06. The SMILES string of the molecule is CC1CCC(C(=O)N2CCC[C@@H]2CO)CC1. The molecule has 92 valence electrons. The van der Waals surface area contributed by atoms with E-state index in [-0.39, 0.29) is 18.6 Å². The number of carbonyl (C=O) groups is 1. The van der Waals surface area contributed by atoms with Crippen LogP contribution in [0.15, 0.2) is 0 Å². The standard InChI is InChI=1S/C13H23NO2/c1-10-4-6-11(7-5-10)13(16)14-8-2-3-12(14)9-15/h10-12,15H,2-9H2,1H3/t10?,11?,12-/m1/s1. The van der Waals surface area contributed by atoms with Crippen molar-refractivity contribution in [3.05, 3.63) is 0 Å². The molecule has 2 fully saturated rings. The highest BCUT2D eigenvalue weighted by Gasteiger charge is 2.33. The second-order valence-electron chi connectivity index (χ2n) is 5.47. The quantitative estimate of drug-likeness (QED) is 0.778. The van der Waals surface area contributed by atoms with Crippen LogP contribution in [0.5, 0.6) is 0 Å². The molecule has 1 heterocycles. The number of rotatable bonds is 2. The number of aliphatic hydroxyl groups is 1. The number of hydrogen-bond donors (Lipinski definition) is 1. The number of carbonyl (C=O) groups excluding carboxylic acids is 1. The average molecular weight is 225 g/mol. The molecular weight excluding hydrogens is 202 g/mol. The lowest BCUT2D eigenvalue weighted by molar-refractivity contribution is -0.138. The summed E-state index contributed by atoms with van der Waals surface area (Å²) >= 11 is 0. The third-order valence-electron chi connectivity index (χ3n) is 4.24. The van der Waals surface area contributed by atoms with Gasteiger partial charge in [-0.3, -0.25) is 4.79 Å². The van der Waals surface area contributed by atoms with E-state index in [1.807, 2.05) is 4.90 Å². The molecule has 0 bridgehead atoms. The molecule has 0 aromatic carbocycles. The molecule has 1 aliphatic carbocycles. The summed E-state index contributed by atoms with van der Waals surface area (Å²) in [7, 11) is 0. The summed E-state index contributed by atoms with van der Waals surface area (Å²) in [6.07, 6.45) is 6.51. The van der Waals surface area contributed by atoms with E-state index in [0.29, 0.717) is 5.91 Å². The number of amides is 1. The van der Waals surface area contributed by atoms with E-state index in [4.69, 9.17) is 0 Å². The van der Waals surface area contributed by atoms with Gasteiger partial charge in [0.25, 0.3) is 0 Å². The van der Waals surface area contributed by atoms with Gasteiger partial charge in [0.15, 0.2) is 0 Å². The first-order chi connectivity index (χ1) is 7.72. The summed E-state index contributed by atoms with van der Waals surface area (Å²) < 4.78 is 0. The van der Waals surface area contributed by atoms with Crippen LogP contribution in [0, 0.1) is 11.8 Å². The molecule has 2 rings (SSSR count). The Kier molecular flexibility index (Phi) is 3.85. The Morgan fingerprint density at radius 3 is 2.56 bits per heavy atom. The predicted octanol–water partition coefficient (Wildman–Crippen LogP) is 1.80. The molecule has 2 aliphatic rings. The van der Waals surface area contributed by atoms with Gasteiger partial charge in [-0.05, 0) is 44.4 Å². The molecule has 3 heteroatoms. The minimum absolute atomic E-state index is 0.104. The summed E-state index contributed by atoms with van der Waals surface area (Å²) in [6.45, 7) is 3.26. The first kappa shape index (κ1) is 11.9. The normalized spacial score (nSPS) is 35.4. The second-order valence-corrected chi connectivity index (χ2v) is 5.47. The van der Waals surface area contributed by atoms with Crippen molar-refractivity contribution in [1.29, 1.82) is 0 Å². The molecule has 1 saturated carbocycles. The number of likely N-dealkylation sites (tertiary alicyclic amines) is 1. The first-order valence-electron chi connectivity index (χ1n) is 6.63. The van der Waals surface area contributed by atoms with Crippen LogP contribution >= 0.6 is 0 Å². The number of nitrogens with zero attached hydrogens (tertiary/aromatic N) is 1. The van der Waals surface area contributed by atoms with E-state index >= 15 is 0 Å². The van der Waals surface area contributed by atoms with Gasteiger partial charge in [-0.2, -0.15) is 0 Å². The average Bonchev–Trinajstić information content (AvgIpc) is 2.77. The molecule has 1 amide bonds. The van der Waals surface area contributed by atoms with Gasteiger partial charge in [-0.25, -0.2) is 0 Å². The largest absolute Gasteiger partial charge is 0.394 e. The van der Waals surface area contributed by atoms with Gasteiger partial charge >= 0.3 is 0 Å². The smallest absolute Gasteiger partial charge is 0.226 e. The van der Waals surface area contributed by atoms with Crippen molar-refractivity contribution in [2.45, 2.75) is 51.5 Å². The zero-order valence-electron chi connectivity index (χ0n) is 10.2. The zero-order chi connectivity index (χ0) is 11.5. The van der Waals surface area contributed by atoms with Crippen molar-refractivity contribution in [2.24, 2.45) is 11.8 Å². The summed E-state index contributed by atoms with van der Waals surface area (Å²) in [5, 5.41) is 9.23. The maximum absolute atomic E-state index is 12.3. The Hall–Kier alpha value is -0.570. The molecule has 3 nitrogen and oxygen atoms in total. The topological polar surface area (TPSA) is 40.5 Å². The molecule has 1 N–H and O–H groups in total. The molecule has 16 heavy (non-hydrogen) atoms. The van der Waals surface area contributed by atoms with Crippen molar-refractivity contribution in [1.82, 2.24) is 4.90 Å². The minimum Gasteiger partial charge on any atom is -0.394 e. The van der Waals surface area contributed by atoms with Crippen LogP contribution in [-0.4, -0.2) is 35.1 Å². The lowest BCUT2D eigenvalue weighted by atomic mass is 9.82. The van der Waals surface area contributed by atoms with Crippen molar-refractivity contribution < 1.29 is 9.90 Å². The maximum atomic E-state index is 12.3. The van der Waals surface area contributed by atoms with Crippen LogP contribution in [-0.2, 0) is 4.79 Å². The molecule has 1 atom stereocenters. The Bertz CT molecular complexity index is 246. The van der Waals surface area contributed by atoms with Gasteiger partial charge in [-0.15, -0.1) is 0 Å². The van der Waals surface area contributed by atoms with E-state index < -0.39 is 0 Å². The Balaban J connectivity index is 1.91. The van der Waals surface area contributed by atoms with Crippen molar-refractivity contribution in [2.75, 3.05) is 13.2 Å². The van der Waals surface area contributed by atoms with Gasteiger partial charge in [0.2, 0.25) is 5.91 Å². The van der Waals surface area contributed by atoms with E-state index in [2.05, 4.69) is 6.92 Å². The highest BCUT2D eigenvalue weighted by molar-refractivity contribution is 5.79. The highest BCUT2D eigenvalue weighted by Crippen LogP contribution is 2.31. The summed E-state index contributed by atoms with van der Waals surface area (Å²) in [5.41, 5.74) is 0. The summed E-state index contributed by atoms with van der Waals surface area (Å²) in [5.74, 6) is 1.34. The number of aliphatic hydroxyl groups excluding tert-OH is 1. The van der Waals surface area contributed by atoms with Crippen LogP contribution in [0.25, 0.3) is 0 Å². The first-order valence-corrected chi connectivity index (χ1v) is 6.63. The van der Waals surface area contributed by atoms with Gasteiger partial charge in [0.1, 0.15) is 0 Å². The summed E-state index contributed by atoms with van der Waals surface area (Å²) in [4.78, 5) is 14.2. The van der Waals surface area contributed by atoms with Crippen LogP contribution < -0.4 is 0 Å². The minimum atomic E-state index is 0.104. The van der Waals surface area contributed by atoms with Crippen molar-refractivity contribution in [3.63, 3.8) is 0 Å². The molecule has 0 aromatic rings. The Morgan fingerprint density at radius 2 is 1.94 bits per heavy atom. The third kappa shape index (κ3) is 2.40. The lowest BCUT2D eigenvalue weighted by Gasteiger charge is -2.31. The van der Waals surface area contributed by atoms with Crippen molar-refractivity contribution in [3.8, 4) is 0 Å². The fourth-order valence-corrected chi connectivity index (χ4v) is 3.06. The van der Waals surface area contributed by atoms with Gasteiger partial charge in [-0.1, -0.05) is 6.92 Å². The molecule has 0 spiro atoms. The van der Waals surface area contributed by atoms with E-state index in [9.17, 15) is 9.90 Å². The monoisotopic (exact) mass is 225 g/mol. The second kappa shape index (κ2) is 5.17. The van der Waals surface area contributed by atoms with Crippen LogP contribution in [0.1, 0.15) is 45.4 Å². The molecular formula is C13H23NO2. The molecule has 0 aromatic heterocycles. The van der Waals surface area contributed by atoms with Gasteiger partial charge in [0, 0.05) is 12.5 Å². The van der Waals surface area contributed by atoms with E-state index in [0.717, 1.165) is 38.1 Å². The molecule has 1 saturated heterocycles. The lowest BCUT2D eigenvalue weighted by Crippen LogP contribution is -2.42. The molecule has 0 unspecified atom stereocenters. The van der Waals surface area contributed by atoms with Crippen LogP contribution in [0.2, 0.25) is 0 Å². The van der Waals surface area contributed by atoms with E-state index in [1.165, 1.54) is 12.8 Å². The fraction of sp³-hybridized carbons (Fsp3) is 0.923. The van der Waals surface area contributed by atoms with Crippen molar-refractivity contribution >= 4 is 5.91 Å². The van der Waals surface area contributed by atoms with Gasteiger partial charge in [0.05, 0.1) is 12.6 Å². The highest BCUT2D eigenvalue weighted by atomic mass is 16.3. The molecule has 0 radical (unpaired) electrons. The maximum Gasteiger partial charge on any atom is 0.226 e. The predicted molar refractivity (Wildman–Crippen MR) is 62.9 cm³/mol. The third-order valence-corrected chi connectivity index (χ3v) is 4.24. The molecule has 1 aliphatic heterocycles. The van der Waals surface area contributed by atoms with Crippen LogP contribution in [0.3, 0.4) is 0 Å². The van der Waals surface area contributed by atoms with Crippen LogP contribution in [0.4, 0.5) is 0 Å². The Morgan fingerprint density at radius 1 is 1.25 bits per heavy atom. The van der Waals surface area contributed by atoms with Gasteiger partial charge < -0.3 is 10.0 Å².